The number of aryl methyl sites for hydroxylation is 1. The van der Waals surface area contributed by atoms with Crippen LogP contribution < -0.4 is 5.32 Å². The molecule has 0 radical (unpaired) electrons. The van der Waals surface area contributed by atoms with E-state index in [1.54, 1.807) is 24.3 Å². The maximum Gasteiger partial charge on any atom is 0.259 e. The Labute approximate surface area is 115 Å². The Morgan fingerprint density at radius 1 is 1.26 bits per heavy atom. The van der Waals surface area contributed by atoms with E-state index in [2.05, 4.69) is 10.5 Å². The molecule has 1 N–H and O–H groups in total. The first kappa shape index (κ1) is 12.2. The lowest BCUT2D eigenvalue weighted by Crippen LogP contribution is -2.14. The lowest BCUT2D eigenvalue weighted by molar-refractivity contribution is 0.102. The summed E-state index contributed by atoms with van der Waals surface area (Å²) in [5, 5.41) is 7.18. The van der Waals surface area contributed by atoms with Crippen LogP contribution in [0.2, 0.25) is 5.02 Å². The number of nitrogens with one attached hydrogen (secondary N) is 1. The number of aromatic nitrogens is 1. The number of hydrogen-bond acceptors (Lipinski definition) is 3. The standard InChI is InChI=1S/C14H13ClN2O2/c15-11-7-3-1-5-9(11)13(18)16-14-10-6-2-4-8-12(10)17-19-14/h1,3,5,7H,2,4,6,8H2,(H,16,18). The third-order valence-corrected chi connectivity index (χ3v) is 3.64. The number of hydrogen-bond donors (Lipinski definition) is 1. The first-order chi connectivity index (χ1) is 9.25. The monoisotopic (exact) mass is 276 g/mol. The molecule has 0 unspecified atom stereocenters. The summed E-state index contributed by atoms with van der Waals surface area (Å²) >= 11 is 6.00. The average molecular weight is 277 g/mol. The third-order valence-electron chi connectivity index (χ3n) is 3.31. The van der Waals surface area contributed by atoms with Crippen molar-refractivity contribution >= 4 is 23.4 Å². The Kier molecular flexibility index (Phi) is 3.25. The molecule has 1 amide bonds. The Balaban J connectivity index is 1.84. The first-order valence-electron chi connectivity index (χ1n) is 6.29. The molecule has 0 aliphatic heterocycles. The number of fused-ring (bicyclic) bond motifs is 1. The molecule has 2 aromatic rings. The Morgan fingerprint density at radius 3 is 2.89 bits per heavy atom. The van der Waals surface area contributed by atoms with Gasteiger partial charge in [-0.05, 0) is 37.8 Å². The predicted octanol–water partition coefficient (Wildman–Crippen LogP) is 3.46. The fraction of sp³-hybridized carbons (Fsp3) is 0.286. The summed E-state index contributed by atoms with van der Waals surface area (Å²) in [6, 6.07) is 6.93. The van der Waals surface area contributed by atoms with Crippen LogP contribution in [0.3, 0.4) is 0 Å². The average Bonchev–Trinajstić information content (AvgIpc) is 2.83. The maximum atomic E-state index is 12.1. The van der Waals surface area contributed by atoms with E-state index in [1.165, 1.54) is 0 Å². The van der Waals surface area contributed by atoms with E-state index in [0.29, 0.717) is 16.5 Å². The van der Waals surface area contributed by atoms with Crippen molar-refractivity contribution in [3.8, 4) is 0 Å². The summed E-state index contributed by atoms with van der Waals surface area (Å²) in [7, 11) is 0. The van der Waals surface area contributed by atoms with Gasteiger partial charge in [0.25, 0.3) is 5.91 Å². The van der Waals surface area contributed by atoms with E-state index in [4.69, 9.17) is 16.1 Å². The highest BCUT2D eigenvalue weighted by Crippen LogP contribution is 2.28. The molecule has 0 saturated heterocycles. The van der Waals surface area contributed by atoms with Gasteiger partial charge in [-0.1, -0.05) is 28.9 Å². The fourth-order valence-corrected chi connectivity index (χ4v) is 2.53. The molecule has 98 valence electrons. The van der Waals surface area contributed by atoms with Crippen LogP contribution in [0.4, 0.5) is 5.88 Å². The molecule has 0 fully saturated rings. The van der Waals surface area contributed by atoms with Crippen molar-refractivity contribution in [3.05, 3.63) is 46.1 Å². The van der Waals surface area contributed by atoms with Crippen molar-refractivity contribution in [2.45, 2.75) is 25.7 Å². The van der Waals surface area contributed by atoms with Crippen LogP contribution in [0.5, 0.6) is 0 Å². The van der Waals surface area contributed by atoms with Gasteiger partial charge in [0.15, 0.2) is 0 Å². The van der Waals surface area contributed by atoms with Crippen molar-refractivity contribution in [3.63, 3.8) is 0 Å². The molecule has 1 aliphatic carbocycles. The molecular formula is C14H13ClN2O2. The number of anilines is 1. The van der Waals surface area contributed by atoms with Gasteiger partial charge in [-0.3, -0.25) is 10.1 Å². The topological polar surface area (TPSA) is 55.1 Å². The second-order valence-corrected chi connectivity index (χ2v) is 4.99. The summed E-state index contributed by atoms with van der Waals surface area (Å²) in [5.74, 6) is 0.190. The summed E-state index contributed by atoms with van der Waals surface area (Å²) < 4.78 is 5.22. The van der Waals surface area contributed by atoms with Crippen molar-refractivity contribution in [2.75, 3.05) is 5.32 Å². The van der Waals surface area contributed by atoms with Crippen molar-refractivity contribution < 1.29 is 9.32 Å². The summed E-state index contributed by atoms with van der Waals surface area (Å²) in [6.45, 7) is 0. The molecule has 4 nitrogen and oxygen atoms in total. The quantitative estimate of drug-likeness (QED) is 0.914. The van der Waals surface area contributed by atoms with E-state index < -0.39 is 0 Å². The number of nitrogens with zero attached hydrogens (tertiary/aromatic N) is 1. The predicted molar refractivity (Wildman–Crippen MR) is 72.6 cm³/mol. The van der Waals surface area contributed by atoms with Crippen LogP contribution in [0.15, 0.2) is 28.8 Å². The van der Waals surface area contributed by atoms with Crippen LogP contribution in [0.1, 0.15) is 34.5 Å². The molecular weight excluding hydrogens is 264 g/mol. The SMILES string of the molecule is O=C(Nc1onc2c1CCCC2)c1ccccc1Cl. The zero-order chi connectivity index (χ0) is 13.2. The smallest absolute Gasteiger partial charge is 0.259 e. The largest absolute Gasteiger partial charge is 0.338 e. The van der Waals surface area contributed by atoms with Crippen LogP contribution in [-0.4, -0.2) is 11.1 Å². The van der Waals surface area contributed by atoms with Gasteiger partial charge in [0.05, 0.1) is 16.3 Å². The highest BCUT2D eigenvalue weighted by molar-refractivity contribution is 6.34. The second-order valence-electron chi connectivity index (χ2n) is 4.58. The zero-order valence-corrected chi connectivity index (χ0v) is 11.0. The van der Waals surface area contributed by atoms with Gasteiger partial charge in [0, 0.05) is 5.56 Å². The van der Waals surface area contributed by atoms with Gasteiger partial charge in [-0.2, -0.15) is 0 Å². The van der Waals surface area contributed by atoms with Crippen LogP contribution >= 0.6 is 11.6 Å². The number of carbonyl (C=O) groups excluding carboxylic acids is 1. The highest BCUT2D eigenvalue weighted by atomic mass is 35.5. The lowest BCUT2D eigenvalue weighted by Gasteiger charge is -2.09. The number of carbonyl (C=O) groups is 1. The minimum atomic E-state index is -0.268. The molecule has 5 heteroatoms. The molecule has 1 aliphatic rings. The molecule has 0 spiro atoms. The molecule has 0 saturated carbocycles. The van der Waals surface area contributed by atoms with Crippen LogP contribution in [0, 0.1) is 0 Å². The number of halogens is 1. The third kappa shape index (κ3) is 2.36. The second kappa shape index (κ2) is 5.05. The Hall–Kier alpha value is -1.81. The zero-order valence-electron chi connectivity index (χ0n) is 10.3. The summed E-state index contributed by atoms with van der Waals surface area (Å²) in [5.41, 5.74) is 2.41. The van der Waals surface area contributed by atoms with Gasteiger partial charge in [-0.15, -0.1) is 0 Å². The van der Waals surface area contributed by atoms with E-state index in [1.807, 2.05) is 0 Å². The maximum absolute atomic E-state index is 12.1. The first-order valence-corrected chi connectivity index (χ1v) is 6.67. The van der Waals surface area contributed by atoms with E-state index in [9.17, 15) is 4.79 Å². The molecule has 0 bridgehead atoms. The normalized spacial score (nSPS) is 13.9. The molecule has 0 atom stereocenters. The molecule has 1 aromatic carbocycles. The molecule has 3 rings (SSSR count). The van der Waals surface area contributed by atoms with Crippen molar-refractivity contribution in [2.24, 2.45) is 0 Å². The van der Waals surface area contributed by atoms with Crippen LogP contribution in [0.25, 0.3) is 0 Å². The minimum Gasteiger partial charge on any atom is -0.338 e. The Bertz CT molecular complexity index is 622. The van der Waals surface area contributed by atoms with Crippen molar-refractivity contribution in [1.82, 2.24) is 5.16 Å². The van der Waals surface area contributed by atoms with Crippen LogP contribution in [-0.2, 0) is 12.8 Å². The van der Waals surface area contributed by atoms with E-state index in [0.717, 1.165) is 36.9 Å². The van der Waals surface area contributed by atoms with Gasteiger partial charge in [-0.25, -0.2) is 0 Å². The van der Waals surface area contributed by atoms with E-state index in [-0.39, 0.29) is 5.91 Å². The molecule has 1 heterocycles. The van der Waals surface area contributed by atoms with Gasteiger partial charge in [0.2, 0.25) is 5.88 Å². The Morgan fingerprint density at radius 2 is 2.05 bits per heavy atom. The summed E-state index contributed by atoms with van der Waals surface area (Å²) in [6.07, 6.45) is 4.04. The van der Waals surface area contributed by atoms with E-state index >= 15 is 0 Å². The highest BCUT2D eigenvalue weighted by Gasteiger charge is 2.21. The lowest BCUT2D eigenvalue weighted by atomic mass is 9.97. The molecule has 1 aromatic heterocycles. The number of amides is 1. The van der Waals surface area contributed by atoms with Gasteiger partial charge in [0.1, 0.15) is 0 Å². The van der Waals surface area contributed by atoms with Gasteiger partial charge >= 0.3 is 0 Å². The summed E-state index contributed by atoms with van der Waals surface area (Å²) in [4.78, 5) is 12.1. The van der Waals surface area contributed by atoms with Crippen molar-refractivity contribution in [1.29, 1.82) is 0 Å². The number of benzene rings is 1. The number of rotatable bonds is 2. The molecule has 19 heavy (non-hydrogen) atoms. The van der Waals surface area contributed by atoms with Gasteiger partial charge < -0.3 is 4.52 Å². The fourth-order valence-electron chi connectivity index (χ4n) is 2.30. The minimum absolute atomic E-state index is 0.268.